The van der Waals surface area contributed by atoms with Gasteiger partial charge in [0.25, 0.3) is 0 Å². The van der Waals surface area contributed by atoms with E-state index < -0.39 is 0 Å². The van der Waals surface area contributed by atoms with Gasteiger partial charge in [-0.3, -0.25) is 0 Å². The molecule has 0 radical (unpaired) electrons. The highest BCUT2D eigenvalue weighted by molar-refractivity contribution is 5.67. The minimum atomic E-state index is 0.292. The van der Waals surface area contributed by atoms with Crippen molar-refractivity contribution in [3.63, 3.8) is 0 Å². The third-order valence-corrected chi connectivity index (χ3v) is 4.06. The number of hydrogen-bond donors (Lipinski definition) is 0. The molecule has 0 heterocycles. The lowest BCUT2D eigenvalue weighted by Crippen LogP contribution is -2.27. The van der Waals surface area contributed by atoms with Crippen molar-refractivity contribution in [3.8, 4) is 11.1 Å². The van der Waals surface area contributed by atoms with Crippen LogP contribution in [-0.4, -0.2) is 13.1 Å². The Labute approximate surface area is 132 Å². The fourth-order valence-corrected chi connectivity index (χ4v) is 2.61. The average molecular weight is 287 g/mol. The van der Waals surface area contributed by atoms with Gasteiger partial charge >= 0.3 is 0 Å². The molecule has 2 aromatic rings. The molecule has 0 unspecified atom stereocenters. The van der Waals surface area contributed by atoms with Gasteiger partial charge in [-0.25, -0.2) is 0 Å². The fraction of sp³-hybridized carbons (Fsp3) is 0.143. The number of aryl methyl sites for hydroxylation is 1. The summed E-state index contributed by atoms with van der Waals surface area (Å²) in [5, 5.41) is 0. The maximum Gasteiger partial charge on any atom is 0.0660 e. The van der Waals surface area contributed by atoms with E-state index in [4.69, 9.17) is 0 Å². The average Bonchev–Trinajstić information content (AvgIpc) is 2.84. The summed E-state index contributed by atoms with van der Waals surface area (Å²) in [6.07, 6.45) is 12.7. The molecule has 22 heavy (non-hydrogen) atoms. The molecule has 0 N–H and O–H groups in total. The lowest BCUT2D eigenvalue weighted by atomic mass is 10.0. The van der Waals surface area contributed by atoms with E-state index in [2.05, 4.69) is 104 Å². The van der Waals surface area contributed by atoms with E-state index >= 15 is 0 Å². The van der Waals surface area contributed by atoms with Gasteiger partial charge in [-0.05, 0) is 30.2 Å². The first-order valence-electron chi connectivity index (χ1n) is 7.66. The summed E-state index contributed by atoms with van der Waals surface area (Å²) in [4.78, 5) is 2.28. The van der Waals surface area contributed by atoms with Gasteiger partial charge in [0.05, 0.1) is 6.04 Å². The SMILES string of the molecule is Cc1ccc(-c2ccc(N(C)C3C=CC=CC=C3)cc2)cc1. The molecule has 0 saturated carbocycles. The van der Waals surface area contributed by atoms with Crippen molar-refractivity contribution >= 4 is 5.69 Å². The summed E-state index contributed by atoms with van der Waals surface area (Å²) in [6.45, 7) is 2.12. The van der Waals surface area contributed by atoms with E-state index in [1.807, 2.05) is 0 Å². The summed E-state index contributed by atoms with van der Waals surface area (Å²) in [5.41, 5.74) is 5.03. The van der Waals surface area contributed by atoms with Crippen LogP contribution >= 0.6 is 0 Å². The van der Waals surface area contributed by atoms with Crippen LogP contribution in [0.25, 0.3) is 11.1 Å². The monoisotopic (exact) mass is 287 g/mol. The predicted molar refractivity (Wildman–Crippen MR) is 96.2 cm³/mol. The molecule has 1 heteroatoms. The van der Waals surface area contributed by atoms with E-state index in [-0.39, 0.29) is 0 Å². The van der Waals surface area contributed by atoms with Crippen LogP contribution in [0.4, 0.5) is 5.69 Å². The smallest absolute Gasteiger partial charge is 0.0660 e. The van der Waals surface area contributed by atoms with E-state index in [9.17, 15) is 0 Å². The van der Waals surface area contributed by atoms with Crippen LogP contribution < -0.4 is 4.90 Å². The number of allylic oxidation sites excluding steroid dienone is 4. The lowest BCUT2D eigenvalue weighted by molar-refractivity contribution is 0.895. The van der Waals surface area contributed by atoms with E-state index in [0.717, 1.165) is 0 Å². The van der Waals surface area contributed by atoms with E-state index in [0.29, 0.717) is 6.04 Å². The van der Waals surface area contributed by atoms with Gasteiger partial charge in [-0.15, -0.1) is 0 Å². The number of benzene rings is 2. The van der Waals surface area contributed by atoms with Crippen molar-refractivity contribution < 1.29 is 0 Å². The topological polar surface area (TPSA) is 3.24 Å². The van der Waals surface area contributed by atoms with Crippen molar-refractivity contribution in [1.82, 2.24) is 0 Å². The number of rotatable bonds is 3. The zero-order chi connectivity index (χ0) is 15.4. The molecule has 1 aliphatic carbocycles. The molecule has 0 saturated heterocycles. The minimum absolute atomic E-state index is 0.292. The number of nitrogens with zero attached hydrogens (tertiary/aromatic N) is 1. The van der Waals surface area contributed by atoms with Crippen LogP contribution in [0, 0.1) is 6.92 Å². The highest BCUT2D eigenvalue weighted by Crippen LogP contribution is 2.24. The number of anilines is 1. The molecule has 0 spiro atoms. The van der Waals surface area contributed by atoms with Crippen LogP contribution in [0.5, 0.6) is 0 Å². The second-order valence-corrected chi connectivity index (χ2v) is 5.67. The predicted octanol–water partition coefficient (Wildman–Crippen LogP) is 5.15. The van der Waals surface area contributed by atoms with Crippen LogP contribution in [0.1, 0.15) is 5.56 Å². The maximum atomic E-state index is 2.28. The molecule has 0 aliphatic heterocycles. The summed E-state index contributed by atoms with van der Waals surface area (Å²) >= 11 is 0. The fourth-order valence-electron chi connectivity index (χ4n) is 2.61. The molecule has 0 fully saturated rings. The van der Waals surface area contributed by atoms with Crippen LogP contribution in [0.15, 0.2) is 85.0 Å². The van der Waals surface area contributed by atoms with Gasteiger partial charge in [-0.2, -0.15) is 0 Å². The molecule has 1 nitrogen and oxygen atoms in total. The molecule has 110 valence electrons. The van der Waals surface area contributed by atoms with Crippen molar-refractivity contribution in [2.75, 3.05) is 11.9 Å². The van der Waals surface area contributed by atoms with Crippen LogP contribution in [0.2, 0.25) is 0 Å². The quantitative estimate of drug-likeness (QED) is 0.754. The molecule has 0 atom stereocenters. The Kier molecular flexibility index (Phi) is 4.24. The standard InChI is InChI=1S/C21H21N/c1-17-9-11-18(12-10-17)19-13-15-21(16-14-19)22(2)20-7-5-3-4-6-8-20/h3-16,20H,1-2H3. The number of likely N-dealkylation sites (N-methyl/N-ethyl adjacent to an activating group) is 1. The largest absolute Gasteiger partial charge is 0.365 e. The van der Waals surface area contributed by atoms with E-state index in [1.165, 1.54) is 22.4 Å². The van der Waals surface area contributed by atoms with Crippen molar-refractivity contribution in [3.05, 3.63) is 90.6 Å². The molecule has 0 bridgehead atoms. The van der Waals surface area contributed by atoms with Gasteiger partial charge in [0, 0.05) is 12.7 Å². The van der Waals surface area contributed by atoms with Gasteiger partial charge in [-0.1, -0.05) is 78.4 Å². The van der Waals surface area contributed by atoms with Crippen LogP contribution in [-0.2, 0) is 0 Å². The highest BCUT2D eigenvalue weighted by Gasteiger charge is 2.09. The molecule has 3 rings (SSSR count). The summed E-state index contributed by atoms with van der Waals surface area (Å²) < 4.78 is 0. The third-order valence-electron chi connectivity index (χ3n) is 4.06. The van der Waals surface area contributed by atoms with Crippen molar-refractivity contribution in [2.45, 2.75) is 13.0 Å². The maximum absolute atomic E-state index is 2.28. The molecular formula is C21H21N. The lowest BCUT2D eigenvalue weighted by Gasteiger charge is -2.25. The molecule has 0 aromatic heterocycles. The first kappa shape index (κ1) is 14.4. The Bertz CT molecular complexity index is 687. The minimum Gasteiger partial charge on any atom is -0.365 e. The highest BCUT2D eigenvalue weighted by atomic mass is 15.1. The Morgan fingerprint density at radius 1 is 0.682 bits per heavy atom. The summed E-state index contributed by atoms with van der Waals surface area (Å²) in [6, 6.07) is 17.7. The molecule has 1 aliphatic rings. The molecular weight excluding hydrogens is 266 g/mol. The molecule has 2 aromatic carbocycles. The van der Waals surface area contributed by atoms with E-state index in [1.54, 1.807) is 0 Å². The van der Waals surface area contributed by atoms with Crippen molar-refractivity contribution in [1.29, 1.82) is 0 Å². The summed E-state index contributed by atoms with van der Waals surface area (Å²) in [5.74, 6) is 0. The zero-order valence-corrected chi connectivity index (χ0v) is 13.1. The normalized spacial score (nSPS) is 14.1. The van der Waals surface area contributed by atoms with Gasteiger partial charge < -0.3 is 4.90 Å². The second kappa shape index (κ2) is 6.48. The Hall–Kier alpha value is -2.54. The van der Waals surface area contributed by atoms with Gasteiger partial charge in [0.2, 0.25) is 0 Å². The third kappa shape index (κ3) is 3.20. The first-order valence-corrected chi connectivity index (χ1v) is 7.66. The number of hydrogen-bond acceptors (Lipinski definition) is 1. The van der Waals surface area contributed by atoms with Gasteiger partial charge in [0.1, 0.15) is 0 Å². The Balaban J connectivity index is 1.80. The van der Waals surface area contributed by atoms with Gasteiger partial charge in [0.15, 0.2) is 0 Å². The van der Waals surface area contributed by atoms with Crippen LogP contribution in [0.3, 0.4) is 0 Å². The first-order chi connectivity index (χ1) is 10.7. The Morgan fingerprint density at radius 2 is 1.18 bits per heavy atom. The summed E-state index contributed by atoms with van der Waals surface area (Å²) in [7, 11) is 2.13. The van der Waals surface area contributed by atoms with Crippen molar-refractivity contribution in [2.24, 2.45) is 0 Å². The second-order valence-electron chi connectivity index (χ2n) is 5.67. The Morgan fingerprint density at radius 3 is 1.73 bits per heavy atom. The molecule has 0 amide bonds. The zero-order valence-electron chi connectivity index (χ0n) is 13.1.